The molecule has 8 heteroatoms. The average Bonchev–Trinajstić information content (AvgIpc) is 2.80. The Hall–Kier alpha value is -3.10. The van der Waals surface area contributed by atoms with Gasteiger partial charge in [0, 0.05) is 57.3 Å². The lowest BCUT2D eigenvalue weighted by molar-refractivity contribution is -0.0351. The van der Waals surface area contributed by atoms with Gasteiger partial charge >= 0.3 is 0 Å². The first-order valence-corrected chi connectivity index (χ1v) is 9.91. The Bertz CT molecular complexity index is 979. The van der Waals surface area contributed by atoms with E-state index in [2.05, 4.69) is 19.9 Å². The Morgan fingerprint density at radius 1 is 1.17 bits per heavy atom. The molecule has 0 bridgehead atoms. The molecule has 0 aliphatic carbocycles. The van der Waals surface area contributed by atoms with Crippen LogP contribution < -0.4 is 9.64 Å². The number of nitrogens with zero attached hydrogens (tertiary/aromatic N) is 6. The lowest BCUT2D eigenvalue weighted by atomic mass is 10.1. The summed E-state index contributed by atoms with van der Waals surface area (Å²) < 4.78 is 11.3. The quantitative estimate of drug-likeness (QED) is 0.618. The maximum Gasteiger partial charge on any atom is 0.224 e. The highest BCUT2D eigenvalue weighted by molar-refractivity contribution is 5.60. The Labute approximate surface area is 176 Å². The lowest BCUT2D eigenvalue weighted by Crippen LogP contribution is -2.38. The van der Waals surface area contributed by atoms with Crippen LogP contribution in [0.15, 0.2) is 49.1 Å². The van der Waals surface area contributed by atoms with E-state index in [0.717, 1.165) is 47.9 Å². The van der Waals surface area contributed by atoms with Crippen LogP contribution in [0.2, 0.25) is 0 Å². The number of hydrogen-bond acceptors (Lipinski definition) is 8. The molecule has 2 aromatic heterocycles. The summed E-state index contributed by atoms with van der Waals surface area (Å²) >= 11 is 0. The van der Waals surface area contributed by atoms with Gasteiger partial charge in [0.25, 0.3) is 0 Å². The molecule has 0 amide bonds. The molecule has 3 aromatic rings. The topological polar surface area (TPSA) is 76.5 Å². The standard InChI is InChI=1S/C22H26N6O2/c1-27(2)22-24-10-16(11-25-22)14-28-7-8-30-21(15-28)20-13-23-12-19(26-20)17-5-4-6-18(9-17)29-3/h4-6,9-13,21H,7-8,14-15H2,1-3H3/t21-/m0/s1. The molecule has 0 radical (unpaired) electrons. The van der Waals surface area contributed by atoms with Crippen LogP contribution in [-0.2, 0) is 11.3 Å². The van der Waals surface area contributed by atoms with Crippen molar-refractivity contribution in [3.63, 3.8) is 0 Å². The lowest BCUT2D eigenvalue weighted by Gasteiger charge is -2.32. The summed E-state index contributed by atoms with van der Waals surface area (Å²) in [5, 5.41) is 0. The molecule has 8 nitrogen and oxygen atoms in total. The Kier molecular flexibility index (Phi) is 6.15. The van der Waals surface area contributed by atoms with Gasteiger partial charge in [-0.25, -0.2) is 15.0 Å². The van der Waals surface area contributed by atoms with Crippen LogP contribution in [0.3, 0.4) is 0 Å². The van der Waals surface area contributed by atoms with Crippen molar-refractivity contribution in [1.29, 1.82) is 0 Å². The molecule has 0 N–H and O–H groups in total. The maximum absolute atomic E-state index is 6.01. The highest BCUT2D eigenvalue weighted by Gasteiger charge is 2.24. The second-order valence-electron chi connectivity index (χ2n) is 7.44. The zero-order chi connectivity index (χ0) is 20.9. The van der Waals surface area contributed by atoms with Crippen molar-refractivity contribution in [3.05, 3.63) is 60.3 Å². The van der Waals surface area contributed by atoms with Gasteiger partial charge in [-0.1, -0.05) is 12.1 Å². The molecule has 1 fully saturated rings. The normalized spacial score (nSPS) is 17.0. The highest BCUT2D eigenvalue weighted by atomic mass is 16.5. The Morgan fingerprint density at radius 3 is 2.77 bits per heavy atom. The van der Waals surface area contributed by atoms with Gasteiger partial charge in [-0.3, -0.25) is 9.88 Å². The molecule has 1 saturated heterocycles. The molecule has 1 aliphatic heterocycles. The number of hydrogen-bond donors (Lipinski definition) is 0. The van der Waals surface area contributed by atoms with Crippen LogP contribution in [0.5, 0.6) is 5.75 Å². The van der Waals surface area contributed by atoms with Gasteiger partial charge in [0.05, 0.1) is 37.5 Å². The first-order chi connectivity index (χ1) is 14.6. The van der Waals surface area contributed by atoms with Crippen molar-refractivity contribution in [2.45, 2.75) is 12.6 Å². The molecule has 0 saturated carbocycles. The van der Waals surface area contributed by atoms with Gasteiger partial charge in [-0.2, -0.15) is 0 Å². The number of rotatable bonds is 6. The molecule has 0 spiro atoms. The van der Waals surface area contributed by atoms with Crippen LogP contribution in [0, 0.1) is 0 Å². The predicted octanol–water partition coefficient (Wildman–Crippen LogP) is 2.58. The summed E-state index contributed by atoms with van der Waals surface area (Å²) in [5.74, 6) is 1.51. The van der Waals surface area contributed by atoms with E-state index in [1.54, 1.807) is 19.5 Å². The summed E-state index contributed by atoms with van der Waals surface area (Å²) in [6.07, 6.45) is 7.19. The van der Waals surface area contributed by atoms with Crippen molar-refractivity contribution in [3.8, 4) is 17.0 Å². The first-order valence-electron chi connectivity index (χ1n) is 9.91. The number of aromatic nitrogens is 4. The van der Waals surface area contributed by atoms with Crippen molar-refractivity contribution in [2.24, 2.45) is 0 Å². The first kappa shape index (κ1) is 20.2. The van der Waals surface area contributed by atoms with Crippen molar-refractivity contribution in [2.75, 3.05) is 45.8 Å². The van der Waals surface area contributed by atoms with Gasteiger partial charge in [-0.15, -0.1) is 0 Å². The zero-order valence-electron chi connectivity index (χ0n) is 17.5. The molecule has 1 atom stereocenters. The van der Waals surface area contributed by atoms with E-state index >= 15 is 0 Å². The molecule has 4 rings (SSSR count). The van der Waals surface area contributed by atoms with Crippen LogP contribution in [0.25, 0.3) is 11.3 Å². The monoisotopic (exact) mass is 406 g/mol. The van der Waals surface area contributed by atoms with E-state index < -0.39 is 0 Å². The molecule has 156 valence electrons. The fourth-order valence-corrected chi connectivity index (χ4v) is 3.40. The second kappa shape index (κ2) is 9.15. The third-order valence-corrected chi connectivity index (χ3v) is 5.00. The number of anilines is 1. The number of ether oxygens (including phenoxy) is 2. The van der Waals surface area contributed by atoms with Crippen molar-refractivity contribution >= 4 is 5.95 Å². The van der Waals surface area contributed by atoms with Gasteiger partial charge in [0.2, 0.25) is 5.95 Å². The molecular formula is C22H26N6O2. The largest absolute Gasteiger partial charge is 0.497 e. The molecule has 3 heterocycles. The van der Waals surface area contributed by atoms with Gasteiger partial charge < -0.3 is 14.4 Å². The van der Waals surface area contributed by atoms with E-state index in [-0.39, 0.29) is 6.10 Å². The van der Waals surface area contributed by atoms with Crippen LogP contribution >= 0.6 is 0 Å². The fraction of sp³-hybridized carbons (Fsp3) is 0.364. The van der Waals surface area contributed by atoms with Gasteiger partial charge in [-0.05, 0) is 12.1 Å². The summed E-state index contributed by atoms with van der Waals surface area (Å²) in [6, 6.07) is 7.82. The summed E-state index contributed by atoms with van der Waals surface area (Å²) in [6.45, 7) is 3.02. The van der Waals surface area contributed by atoms with Crippen LogP contribution in [0.4, 0.5) is 5.95 Å². The van der Waals surface area contributed by atoms with Crippen molar-refractivity contribution in [1.82, 2.24) is 24.8 Å². The van der Waals surface area contributed by atoms with Crippen LogP contribution in [0.1, 0.15) is 17.4 Å². The Morgan fingerprint density at radius 2 is 2.00 bits per heavy atom. The molecule has 1 aromatic carbocycles. The predicted molar refractivity (Wildman–Crippen MR) is 114 cm³/mol. The maximum atomic E-state index is 6.01. The zero-order valence-corrected chi connectivity index (χ0v) is 17.5. The van der Waals surface area contributed by atoms with E-state index in [0.29, 0.717) is 12.6 Å². The third-order valence-electron chi connectivity index (χ3n) is 5.00. The van der Waals surface area contributed by atoms with E-state index in [4.69, 9.17) is 14.5 Å². The van der Waals surface area contributed by atoms with Gasteiger partial charge in [0.15, 0.2) is 0 Å². The molecule has 0 unspecified atom stereocenters. The number of benzene rings is 1. The van der Waals surface area contributed by atoms with Crippen LogP contribution in [-0.4, -0.2) is 65.7 Å². The summed E-state index contributed by atoms with van der Waals surface area (Å²) in [7, 11) is 5.52. The number of methoxy groups -OCH3 is 1. The smallest absolute Gasteiger partial charge is 0.224 e. The van der Waals surface area contributed by atoms with Gasteiger partial charge in [0.1, 0.15) is 11.9 Å². The molecular weight excluding hydrogens is 380 g/mol. The minimum absolute atomic E-state index is 0.126. The molecule has 30 heavy (non-hydrogen) atoms. The minimum Gasteiger partial charge on any atom is -0.497 e. The molecule has 1 aliphatic rings. The minimum atomic E-state index is -0.126. The van der Waals surface area contributed by atoms with E-state index in [1.807, 2.05) is 55.7 Å². The SMILES string of the molecule is COc1cccc(-c2cncc([C@@H]3CN(Cc4cnc(N(C)C)nc4)CCO3)n2)c1. The fourth-order valence-electron chi connectivity index (χ4n) is 3.40. The second-order valence-corrected chi connectivity index (χ2v) is 7.44. The number of morpholine rings is 1. The average molecular weight is 406 g/mol. The van der Waals surface area contributed by atoms with E-state index in [1.165, 1.54) is 0 Å². The van der Waals surface area contributed by atoms with E-state index in [9.17, 15) is 0 Å². The third kappa shape index (κ3) is 4.72. The Balaban J connectivity index is 1.46. The summed E-state index contributed by atoms with van der Waals surface area (Å²) in [5.41, 5.74) is 3.69. The van der Waals surface area contributed by atoms with Crippen molar-refractivity contribution < 1.29 is 9.47 Å². The summed E-state index contributed by atoms with van der Waals surface area (Å²) in [4.78, 5) is 22.3. The highest BCUT2D eigenvalue weighted by Crippen LogP contribution is 2.26.